The molecule has 150 valence electrons. The van der Waals surface area contributed by atoms with E-state index in [1.165, 1.54) is 11.3 Å². The van der Waals surface area contributed by atoms with E-state index in [4.69, 9.17) is 25.8 Å². The van der Waals surface area contributed by atoms with E-state index in [2.05, 4.69) is 4.98 Å². The molecular weight excluding hydrogens is 416 g/mol. The molecule has 0 saturated carbocycles. The monoisotopic (exact) mass is 432 g/mol. The lowest BCUT2D eigenvalue weighted by molar-refractivity contribution is 0.0477. The molecule has 1 aromatic carbocycles. The van der Waals surface area contributed by atoms with Crippen LogP contribution in [0.4, 0.5) is 0 Å². The van der Waals surface area contributed by atoms with Gasteiger partial charge in [0.15, 0.2) is 11.5 Å². The van der Waals surface area contributed by atoms with Crippen LogP contribution in [0.15, 0.2) is 16.9 Å². The summed E-state index contributed by atoms with van der Waals surface area (Å²) in [5, 5.41) is 0.924. The van der Waals surface area contributed by atoms with E-state index in [0.29, 0.717) is 62.5 Å². The molecule has 7 nitrogen and oxygen atoms in total. The Bertz CT molecular complexity index is 1220. The summed E-state index contributed by atoms with van der Waals surface area (Å²) in [5.74, 6) is 1.35. The van der Waals surface area contributed by atoms with Gasteiger partial charge in [-0.15, -0.1) is 11.3 Å². The number of hydrogen-bond acceptors (Lipinski definition) is 7. The van der Waals surface area contributed by atoms with Crippen molar-refractivity contribution in [3.05, 3.63) is 49.3 Å². The quantitative estimate of drug-likeness (QED) is 0.589. The lowest BCUT2D eigenvalue weighted by atomic mass is 10.2. The summed E-state index contributed by atoms with van der Waals surface area (Å²) in [6.07, 6.45) is 1.71. The van der Waals surface area contributed by atoms with Crippen LogP contribution in [0.5, 0.6) is 11.5 Å². The molecule has 0 amide bonds. The third kappa shape index (κ3) is 3.07. The average molecular weight is 433 g/mol. The fraction of sp³-hybridized carbons (Fsp3) is 0.350. The van der Waals surface area contributed by atoms with Gasteiger partial charge in [0.2, 0.25) is 0 Å². The molecule has 0 fully saturated rings. The number of ether oxygens (including phenoxy) is 3. The van der Waals surface area contributed by atoms with Crippen LogP contribution in [0.1, 0.15) is 33.0 Å². The van der Waals surface area contributed by atoms with Gasteiger partial charge in [0, 0.05) is 13.0 Å². The Balaban J connectivity index is 1.41. The fourth-order valence-electron chi connectivity index (χ4n) is 3.73. The lowest BCUT2D eigenvalue weighted by Gasteiger charge is -2.20. The molecule has 29 heavy (non-hydrogen) atoms. The molecule has 2 aliphatic rings. The maximum absolute atomic E-state index is 12.8. The molecule has 5 rings (SSSR count). The number of carbonyl (C=O) groups is 1. The predicted molar refractivity (Wildman–Crippen MR) is 108 cm³/mol. The highest BCUT2D eigenvalue weighted by Gasteiger charge is 2.24. The van der Waals surface area contributed by atoms with E-state index in [1.807, 2.05) is 0 Å². The summed E-state index contributed by atoms with van der Waals surface area (Å²) < 4.78 is 18.2. The number of aromatic nitrogens is 2. The van der Waals surface area contributed by atoms with Crippen molar-refractivity contribution in [3.63, 3.8) is 0 Å². The molecule has 0 aliphatic carbocycles. The van der Waals surface area contributed by atoms with E-state index in [0.717, 1.165) is 18.7 Å². The van der Waals surface area contributed by atoms with E-state index in [1.54, 1.807) is 23.6 Å². The van der Waals surface area contributed by atoms with E-state index >= 15 is 0 Å². The number of aryl methyl sites for hydroxylation is 2. The summed E-state index contributed by atoms with van der Waals surface area (Å²) in [7, 11) is 0. The first-order chi connectivity index (χ1) is 14.0. The molecule has 0 bridgehead atoms. The van der Waals surface area contributed by atoms with Crippen LogP contribution >= 0.6 is 22.9 Å². The maximum Gasteiger partial charge on any atom is 0.349 e. The van der Waals surface area contributed by atoms with E-state index < -0.39 is 5.97 Å². The van der Waals surface area contributed by atoms with Crippen LogP contribution in [0.3, 0.4) is 0 Å². The molecule has 0 N–H and O–H groups in total. The SMILES string of the molecule is Cc1c(C(=O)OCc2cc(Cl)c3c(c2)OCCO3)sc2nc3n(c(=O)c12)CCC3. The summed E-state index contributed by atoms with van der Waals surface area (Å²) >= 11 is 7.44. The van der Waals surface area contributed by atoms with Crippen molar-refractivity contribution in [1.29, 1.82) is 0 Å². The molecule has 3 aromatic rings. The molecule has 0 spiro atoms. The number of halogens is 1. The zero-order chi connectivity index (χ0) is 20.1. The Labute approximate surface area is 174 Å². The topological polar surface area (TPSA) is 79.7 Å². The molecule has 0 radical (unpaired) electrons. The Kier molecular flexibility index (Phi) is 4.48. The Morgan fingerprint density at radius 2 is 2.17 bits per heavy atom. The predicted octanol–water partition coefficient (Wildman–Crippen LogP) is 3.49. The number of thiophene rings is 1. The average Bonchev–Trinajstić information content (AvgIpc) is 3.31. The molecule has 0 atom stereocenters. The minimum atomic E-state index is -0.485. The molecule has 4 heterocycles. The second kappa shape index (κ2) is 7.03. The number of rotatable bonds is 3. The minimum absolute atomic E-state index is 0.0335. The number of nitrogens with zero attached hydrogens (tertiary/aromatic N) is 2. The van der Waals surface area contributed by atoms with Gasteiger partial charge in [-0.05, 0) is 36.6 Å². The third-order valence-electron chi connectivity index (χ3n) is 5.12. The van der Waals surface area contributed by atoms with Gasteiger partial charge in [0.25, 0.3) is 5.56 Å². The molecular formula is C20H17ClN2O5S. The summed E-state index contributed by atoms with van der Waals surface area (Å²) in [6.45, 7) is 3.37. The van der Waals surface area contributed by atoms with Crippen molar-refractivity contribution in [2.75, 3.05) is 13.2 Å². The summed E-state index contributed by atoms with van der Waals surface area (Å²) in [4.78, 5) is 31.1. The van der Waals surface area contributed by atoms with Crippen LogP contribution in [-0.4, -0.2) is 28.7 Å². The van der Waals surface area contributed by atoms with Crippen molar-refractivity contribution >= 4 is 39.1 Å². The fourth-order valence-corrected chi connectivity index (χ4v) is 5.10. The van der Waals surface area contributed by atoms with Crippen molar-refractivity contribution < 1.29 is 19.0 Å². The number of hydrogen-bond donors (Lipinski definition) is 0. The van der Waals surface area contributed by atoms with Crippen LogP contribution in [0, 0.1) is 6.92 Å². The lowest BCUT2D eigenvalue weighted by Crippen LogP contribution is -2.20. The summed E-state index contributed by atoms with van der Waals surface area (Å²) in [5.41, 5.74) is 1.24. The first-order valence-corrected chi connectivity index (χ1v) is 10.5. The highest BCUT2D eigenvalue weighted by atomic mass is 35.5. The first-order valence-electron chi connectivity index (χ1n) is 9.31. The van der Waals surface area contributed by atoms with Gasteiger partial charge in [-0.1, -0.05) is 11.6 Å². The largest absolute Gasteiger partial charge is 0.486 e. The summed E-state index contributed by atoms with van der Waals surface area (Å²) in [6, 6.07) is 3.45. The molecule has 0 saturated heterocycles. The van der Waals surface area contributed by atoms with Crippen molar-refractivity contribution in [2.24, 2.45) is 0 Å². The molecule has 2 aromatic heterocycles. The molecule has 9 heteroatoms. The Morgan fingerprint density at radius 1 is 1.34 bits per heavy atom. The van der Waals surface area contributed by atoms with Crippen LogP contribution < -0.4 is 15.0 Å². The standard InChI is InChI=1S/C20H17ClN2O5S/c1-10-15-18(22-14-3-2-4-23(14)19(15)24)29-17(10)20(25)28-9-11-7-12(21)16-13(8-11)26-5-6-27-16/h7-8H,2-6,9H2,1H3. The van der Waals surface area contributed by atoms with Gasteiger partial charge >= 0.3 is 5.97 Å². The van der Waals surface area contributed by atoms with Crippen molar-refractivity contribution in [3.8, 4) is 11.5 Å². The number of benzene rings is 1. The Hall–Kier alpha value is -2.58. The van der Waals surface area contributed by atoms with Gasteiger partial charge in [-0.25, -0.2) is 9.78 Å². The molecule has 2 aliphatic heterocycles. The number of carbonyl (C=O) groups excluding carboxylic acids is 1. The van der Waals surface area contributed by atoms with Crippen molar-refractivity contribution in [1.82, 2.24) is 9.55 Å². The minimum Gasteiger partial charge on any atom is -0.486 e. The highest BCUT2D eigenvalue weighted by Crippen LogP contribution is 2.38. The number of esters is 1. The van der Waals surface area contributed by atoms with Crippen molar-refractivity contribution in [2.45, 2.75) is 32.9 Å². The smallest absolute Gasteiger partial charge is 0.349 e. The first kappa shape index (κ1) is 18.4. The Morgan fingerprint density at radius 3 is 3.03 bits per heavy atom. The van der Waals surface area contributed by atoms with Gasteiger partial charge in [0.1, 0.15) is 35.4 Å². The van der Waals surface area contributed by atoms with Gasteiger partial charge in [-0.3, -0.25) is 9.36 Å². The normalized spacial score (nSPS) is 14.8. The van der Waals surface area contributed by atoms with Crippen LogP contribution in [-0.2, 0) is 24.3 Å². The number of fused-ring (bicyclic) bond motifs is 3. The van der Waals surface area contributed by atoms with E-state index in [9.17, 15) is 9.59 Å². The van der Waals surface area contributed by atoms with Crippen LogP contribution in [0.25, 0.3) is 10.2 Å². The van der Waals surface area contributed by atoms with Crippen LogP contribution in [0.2, 0.25) is 5.02 Å². The van der Waals surface area contributed by atoms with Gasteiger partial charge in [0.05, 0.1) is 10.4 Å². The molecule has 0 unspecified atom stereocenters. The second-order valence-electron chi connectivity index (χ2n) is 7.00. The van der Waals surface area contributed by atoms with E-state index in [-0.39, 0.29) is 12.2 Å². The van der Waals surface area contributed by atoms with Gasteiger partial charge < -0.3 is 14.2 Å². The maximum atomic E-state index is 12.8. The zero-order valence-corrected chi connectivity index (χ0v) is 17.2. The highest BCUT2D eigenvalue weighted by molar-refractivity contribution is 7.20. The third-order valence-corrected chi connectivity index (χ3v) is 6.57. The van der Waals surface area contributed by atoms with Gasteiger partial charge in [-0.2, -0.15) is 0 Å². The zero-order valence-electron chi connectivity index (χ0n) is 15.6. The second-order valence-corrected chi connectivity index (χ2v) is 8.41.